The Bertz CT molecular complexity index is 871. The van der Waals surface area contributed by atoms with E-state index in [0.717, 1.165) is 0 Å². The summed E-state index contributed by atoms with van der Waals surface area (Å²) in [6.07, 6.45) is 1.28. The van der Waals surface area contributed by atoms with Gasteiger partial charge in [0.1, 0.15) is 17.5 Å². The van der Waals surface area contributed by atoms with Crippen LogP contribution in [-0.4, -0.2) is 21.9 Å². The van der Waals surface area contributed by atoms with Crippen molar-refractivity contribution in [3.63, 3.8) is 0 Å². The molecule has 2 unspecified atom stereocenters. The molecule has 0 spiro atoms. The Hall–Kier alpha value is -3.94. The van der Waals surface area contributed by atoms with E-state index in [1.54, 1.807) is 6.07 Å². The van der Waals surface area contributed by atoms with Crippen LogP contribution in [0.4, 0.5) is 0 Å². The standard InChI is InChI=1S/C15H11N4O7/c1-26-11-4-2-3-9(5-11)12(8-16)15-13(18(22)23)6-10(17(20)21)7-14(15)19(24)25/h2-7,12,15H,1H3/q-1. The van der Waals surface area contributed by atoms with Gasteiger partial charge in [-0.1, -0.05) is 18.2 Å². The molecule has 0 amide bonds. The fraction of sp³-hybridized carbons (Fsp3) is 0.200. The summed E-state index contributed by atoms with van der Waals surface area (Å²) in [6, 6.07) is 7.04. The lowest BCUT2D eigenvalue weighted by Crippen LogP contribution is -2.32. The van der Waals surface area contributed by atoms with Crippen LogP contribution in [0, 0.1) is 53.6 Å². The third-order valence-corrected chi connectivity index (χ3v) is 3.79. The van der Waals surface area contributed by atoms with Gasteiger partial charge in [-0.25, -0.2) is 0 Å². The topological polar surface area (TPSA) is 162 Å². The lowest BCUT2D eigenvalue weighted by Gasteiger charge is -2.28. The highest BCUT2D eigenvalue weighted by Gasteiger charge is 2.44. The molecular weight excluding hydrogens is 348 g/mol. The molecule has 2 atom stereocenters. The maximum absolute atomic E-state index is 11.4. The lowest BCUT2D eigenvalue weighted by atomic mass is 9.77. The van der Waals surface area contributed by atoms with Crippen molar-refractivity contribution in [2.45, 2.75) is 5.92 Å². The minimum Gasteiger partial charge on any atom is -0.497 e. The second-order valence-corrected chi connectivity index (χ2v) is 5.20. The van der Waals surface area contributed by atoms with Gasteiger partial charge in [0.15, 0.2) is 0 Å². The molecule has 1 aromatic carbocycles. The van der Waals surface area contributed by atoms with E-state index in [2.05, 4.69) is 0 Å². The predicted molar refractivity (Wildman–Crippen MR) is 85.2 cm³/mol. The smallest absolute Gasteiger partial charge is 0.233 e. The zero-order valence-electron chi connectivity index (χ0n) is 13.3. The lowest BCUT2D eigenvalue weighted by molar-refractivity contribution is -0.488. The summed E-state index contributed by atoms with van der Waals surface area (Å²) in [7, 11) is 1.38. The molecule has 134 valence electrons. The Morgan fingerprint density at radius 1 is 1.23 bits per heavy atom. The first kappa shape index (κ1) is 18.4. The van der Waals surface area contributed by atoms with Gasteiger partial charge in [-0.3, -0.25) is 30.3 Å². The van der Waals surface area contributed by atoms with Gasteiger partial charge < -0.3 is 4.74 Å². The summed E-state index contributed by atoms with van der Waals surface area (Å²) in [5.41, 5.74) is -1.33. The van der Waals surface area contributed by atoms with Crippen LogP contribution in [0.25, 0.3) is 0 Å². The first-order valence-electron chi connectivity index (χ1n) is 7.07. The first-order valence-corrected chi connectivity index (χ1v) is 7.07. The predicted octanol–water partition coefficient (Wildman–Crippen LogP) is 2.06. The van der Waals surface area contributed by atoms with Crippen molar-refractivity contribution in [2.24, 2.45) is 5.92 Å². The van der Waals surface area contributed by atoms with Gasteiger partial charge in [0.25, 0.3) is 0 Å². The van der Waals surface area contributed by atoms with Crippen molar-refractivity contribution >= 4 is 0 Å². The average molecular weight is 359 g/mol. The molecule has 0 radical (unpaired) electrons. The number of methoxy groups -OCH3 is 1. The second-order valence-electron chi connectivity index (χ2n) is 5.20. The van der Waals surface area contributed by atoms with Crippen LogP contribution < -0.4 is 4.74 Å². The SMILES string of the molecule is COc1cccc(C(C#N)C2C([N+](=O)[O-])=CC([N+](=O)[O-])=C[C-]2[N+](=O)[O-])c1. The summed E-state index contributed by atoms with van der Waals surface area (Å²) in [4.78, 5) is 30.9. The van der Waals surface area contributed by atoms with Crippen molar-refractivity contribution < 1.29 is 19.5 Å². The Kier molecular flexibility index (Phi) is 5.17. The van der Waals surface area contributed by atoms with Crippen molar-refractivity contribution in [3.05, 3.63) is 89.8 Å². The molecule has 11 nitrogen and oxygen atoms in total. The zero-order valence-corrected chi connectivity index (χ0v) is 13.3. The van der Waals surface area contributed by atoms with Crippen LogP contribution in [0.1, 0.15) is 11.5 Å². The van der Waals surface area contributed by atoms with E-state index < -0.39 is 44.0 Å². The fourth-order valence-corrected chi connectivity index (χ4v) is 2.63. The molecule has 0 saturated heterocycles. The third kappa shape index (κ3) is 3.44. The number of ether oxygens (including phenoxy) is 1. The van der Waals surface area contributed by atoms with Crippen molar-refractivity contribution in [2.75, 3.05) is 7.11 Å². The molecule has 2 rings (SSSR count). The highest BCUT2D eigenvalue weighted by molar-refractivity contribution is 5.41. The van der Waals surface area contributed by atoms with E-state index >= 15 is 0 Å². The fourth-order valence-electron chi connectivity index (χ4n) is 2.63. The van der Waals surface area contributed by atoms with Gasteiger partial charge in [-0.05, 0) is 27.5 Å². The molecule has 0 N–H and O–H groups in total. The monoisotopic (exact) mass is 359 g/mol. The van der Waals surface area contributed by atoms with E-state index in [4.69, 9.17) is 4.74 Å². The minimum absolute atomic E-state index is 0.252. The molecule has 1 aliphatic carbocycles. The maximum atomic E-state index is 11.4. The Balaban J connectivity index is 2.63. The molecule has 0 aromatic heterocycles. The van der Waals surface area contributed by atoms with E-state index in [1.165, 1.54) is 25.3 Å². The number of nitriles is 1. The van der Waals surface area contributed by atoms with E-state index in [0.29, 0.717) is 17.9 Å². The summed E-state index contributed by atoms with van der Waals surface area (Å²) in [5, 5.41) is 43.3. The largest absolute Gasteiger partial charge is 0.497 e. The molecule has 0 saturated carbocycles. The first-order chi connectivity index (χ1) is 12.3. The number of benzene rings is 1. The minimum atomic E-state index is -1.58. The number of rotatable bonds is 6. The Morgan fingerprint density at radius 2 is 1.92 bits per heavy atom. The molecular formula is C15H11N4O7-. The van der Waals surface area contributed by atoms with Crippen LogP contribution in [0.2, 0.25) is 0 Å². The Labute approximate surface area is 146 Å². The van der Waals surface area contributed by atoms with Gasteiger partial charge in [0, 0.05) is 6.08 Å². The summed E-state index contributed by atoms with van der Waals surface area (Å²) < 4.78 is 5.03. The van der Waals surface area contributed by atoms with Gasteiger partial charge >= 0.3 is 0 Å². The maximum Gasteiger partial charge on any atom is 0.233 e. The van der Waals surface area contributed by atoms with Gasteiger partial charge in [-0.15, -0.1) is 0 Å². The van der Waals surface area contributed by atoms with Gasteiger partial charge in [0.05, 0.1) is 29.9 Å². The van der Waals surface area contributed by atoms with Crippen LogP contribution in [0.15, 0.2) is 47.8 Å². The molecule has 0 bridgehead atoms. The highest BCUT2D eigenvalue weighted by atomic mass is 16.6. The quantitative estimate of drug-likeness (QED) is 0.423. The molecule has 0 fully saturated rings. The molecule has 1 aromatic rings. The second kappa shape index (κ2) is 7.31. The van der Waals surface area contributed by atoms with Crippen LogP contribution in [0.3, 0.4) is 0 Å². The number of hydrogen-bond acceptors (Lipinski definition) is 8. The third-order valence-electron chi connectivity index (χ3n) is 3.79. The zero-order chi connectivity index (χ0) is 19.4. The summed E-state index contributed by atoms with van der Waals surface area (Å²) >= 11 is 0. The highest BCUT2D eigenvalue weighted by Crippen LogP contribution is 2.42. The average Bonchev–Trinajstić information content (AvgIpc) is 2.61. The molecule has 1 aliphatic rings. The van der Waals surface area contributed by atoms with Crippen molar-refractivity contribution in [1.29, 1.82) is 5.26 Å². The van der Waals surface area contributed by atoms with Crippen molar-refractivity contribution in [3.8, 4) is 11.8 Å². The number of nitro groups is 3. The summed E-state index contributed by atoms with van der Waals surface area (Å²) in [6.45, 7) is 0. The van der Waals surface area contributed by atoms with Crippen LogP contribution in [-0.2, 0) is 0 Å². The van der Waals surface area contributed by atoms with E-state index in [1.807, 2.05) is 6.07 Å². The Morgan fingerprint density at radius 3 is 2.42 bits per heavy atom. The summed E-state index contributed by atoms with van der Waals surface area (Å²) in [5.74, 6) is -2.54. The normalized spacial score (nSPS) is 17.4. The van der Waals surface area contributed by atoms with Crippen molar-refractivity contribution in [1.82, 2.24) is 0 Å². The molecule has 0 aliphatic heterocycles. The van der Waals surface area contributed by atoms with Gasteiger partial charge in [0.2, 0.25) is 5.70 Å². The van der Waals surface area contributed by atoms with Crippen LogP contribution >= 0.6 is 0 Å². The van der Waals surface area contributed by atoms with Gasteiger partial charge in [-0.2, -0.15) is 5.26 Å². The van der Waals surface area contributed by atoms with E-state index in [-0.39, 0.29) is 5.56 Å². The molecule has 11 heteroatoms. The molecule has 0 heterocycles. The van der Waals surface area contributed by atoms with E-state index in [9.17, 15) is 35.6 Å². The molecule has 26 heavy (non-hydrogen) atoms. The number of hydrogen-bond donors (Lipinski definition) is 0. The van der Waals surface area contributed by atoms with Crippen LogP contribution in [0.5, 0.6) is 5.75 Å². The number of allylic oxidation sites excluding steroid dienone is 1. The number of nitrogens with zero attached hydrogens (tertiary/aromatic N) is 4.